The number of para-hydroxylation sites is 2. The van der Waals surface area contributed by atoms with Gasteiger partial charge in [-0.1, -0.05) is 26.0 Å². The van der Waals surface area contributed by atoms with E-state index < -0.39 is 11.8 Å². The van der Waals surface area contributed by atoms with Crippen LogP contribution in [0.1, 0.15) is 20.3 Å². The number of hydrogen-bond donors (Lipinski definition) is 2. The van der Waals surface area contributed by atoms with Gasteiger partial charge in [0.2, 0.25) is 0 Å². The second-order valence-electron chi connectivity index (χ2n) is 4.79. The monoisotopic (exact) mass is 307 g/mol. The van der Waals surface area contributed by atoms with Crippen molar-refractivity contribution in [3.63, 3.8) is 0 Å². The number of anilines is 1. The Balaban J connectivity index is 2.38. The van der Waals surface area contributed by atoms with Crippen LogP contribution in [0.5, 0.6) is 5.75 Å². The number of nitrogens with zero attached hydrogens (tertiary/aromatic N) is 1. The van der Waals surface area contributed by atoms with Crippen molar-refractivity contribution in [2.45, 2.75) is 20.3 Å². The number of carbonyl (C=O) groups excluding carboxylic acids is 2. The molecule has 6 nitrogen and oxygen atoms in total. The summed E-state index contributed by atoms with van der Waals surface area (Å²) in [5.41, 5.74) is 0.480. The van der Waals surface area contributed by atoms with Gasteiger partial charge in [0.15, 0.2) is 0 Å². The maximum absolute atomic E-state index is 11.8. The molecule has 1 aromatic carbocycles. The fourth-order valence-electron chi connectivity index (χ4n) is 2.05. The van der Waals surface area contributed by atoms with Gasteiger partial charge in [0.1, 0.15) is 5.75 Å². The third-order valence-corrected chi connectivity index (χ3v) is 3.39. The fourth-order valence-corrected chi connectivity index (χ4v) is 2.05. The van der Waals surface area contributed by atoms with Gasteiger partial charge in [-0.25, -0.2) is 0 Å². The first-order valence-corrected chi connectivity index (χ1v) is 7.56. The topological polar surface area (TPSA) is 70.7 Å². The van der Waals surface area contributed by atoms with Crippen LogP contribution in [0.3, 0.4) is 0 Å². The molecule has 0 bridgehead atoms. The van der Waals surface area contributed by atoms with E-state index in [1.54, 1.807) is 24.3 Å². The van der Waals surface area contributed by atoms with Gasteiger partial charge < -0.3 is 20.3 Å². The molecule has 22 heavy (non-hydrogen) atoms. The molecule has 6 heteroatoms. The number of benzene rings is 1. The van der Waals surface area contributed by atoms with Crippen molar-refractivity contribution in [1.29, 1.82) is 0 Å². The number of rotatable bonds is 8. The van der Waals surface area contributed by atoms with Crippen molar-refractivity contribution in [1.82, 2.24) is 10.2 Å². The first-order valence-electron chi connectivity index (χ1n) is 7.56. The highest BCUT2D eigenvalue weighted by atomic mass is 16.5. The molecule has 0 atom stereocenters. The molecule has 0 heterocycles. The van der Waals surface area contributed by atoms with Crippen LogP contribution in [-0.2, 0) is 9.59 Å². The highest BCUT2D eigenvalue weighted by Gasteiger charge is 2.14. The summed E-state index contributed by atoms with van der Waals surface area (Å²) >= 11 is 0. The lowest BCUT2D eigenvalue weighted by molar-refractivity contribution is -0.136. The number of hydrogen-bond acceptors (Lipinski definition) is 4. The highest BCUT2D eigenvalue weighted by Crippen LogP contribution is 2.22. The Kier molecular flexibility index (Phi) is 7.99. The van der Waals surface area contributed by atoms with E-state index >= 15 is 0 Å². The largest absolute Gasteiger partial charge is 0.495 e. The van der Waals surface area contributed by atoms with Crippen LogP contribution in [-0.4, -0.2) is 50.0 Å². The van der Waals surface area contributed by atoms with Gasteiger partial charge in [-0.3, -0.25) is 9.59 Å². The molecule has 1 rings (SSSR count). The zero-order valence-electron chi connectivity index (χ0n) is 13.5. The van der Waals surface area contributed by atoms with Crippen molar-refractivity contribution < 1.29 is 14.3 Å². The molecule has 1 aromatic rings. The van der Waals surface area contributed by atoms with E-state index in [9.17, 15) is 9.59 Å². The van der Waals surface area contributed by atoms with Crippen LogP contribution in [0.4, 0.5) is 5.69 Å². The first-order chi connectivity index (χ1) is 10.6. The quantitative estimate of drug-likeness (QED) is 0.564. The van der Waals surface area contributed by atoms with Crippen LogP contribution >= 0.6 is 0 Å². The fraction of sp³-hybridized carbons (Fsp3) is 0.500. The Morgan fingerprint density at radius 1 is 1.14 bits per heavy atom. The van der Waals surface area contributed by atoms with E-state index in [0.29, 0.717) is 18.0 Å². The first kappa shape index (κ1) is 18.0. The third-order valence-electron chi connectivity index (χ3n) is 3.39. The molecule has 0 fully saturated rings. The standard InChI is InChI=1S/C16H25N3O3/c1-4-19(5-2)12-8-11-17-15(20)16(21)18-13-9-6-7-10-14(13)22-3/h6-7,9-10H,4-5,8,11-12H2,1-3H3,(H,17,20)(H,18,21). The Hall–Kier alpha value is -2.08. The maximum Gasteiger partial charge on any atom is 0.313 e. The summed E-state index contributed by atoms with van der Waals surface area (Å²) in [7, 11) is 1.51. The summed E-state index contributed by atoms with van der Waals surface area (Å²) in [6.07, 6.45) is 0.815. The summed E-state index contributed by atoms with van der Waals surface area (Å²) in [4.78, 5) is 25.9. The van der Waals surface area contributed by atoms with Gasteiger partial charge in [0.25, 0.3) is 0 Å². The highest BCUT2D eigenvalue weighted by molar-refractivity contribution is 6.39. The van der Waals surface area contributed by atoms with E-state index in [2.05, 4.69) is 29.4 Å². The molecule has 0 aliphatic rings. The molecule has 0 spiro atoms. The summed E-state index contributed by atoms with van der Waals surface area (Å²) < 4.78 is 5.12. The lowest BCUT2D eigenvalue weighted by Gasteiger charge is -2.17. The predicted octanol–water partition coefficient (Wildman–Crippen LogP) is 1.48. The minimum atomic E-state index is -0.688. The second-order valence-corrected chi connectivity index (χ2v) is 4.79. The van der Waals surface area contributed by atoms with Crippen LogP contribution in [0.2, 0.25) is 0 Å². The molecule has 0 saturated heterocycles. The van der Waals surface area contributed by atoms with Crippen LogP contribution < -0.4 is 15.4 Å². The Bertz CT molecular complexity index is 487. The van der Waals surface area contributed by atoms with Crippen molar-refractivity contribution in [3.05, 3.63) is 24.3 Å². The molecule has 0 unspecified atom stereocenters. The van der Waals surface area contributed by atoms with Gasteiger partial charge in [-0.15, -0.1) is 0 Å². The molecular weight excluding hydrogens is 282 g/mol. The predicted molar refractivity (Wildman–Crippen MR) is 87.0 cm³/mol. The lowest BCUT2D eigenvalue weighted by Crippen LogP contribution is -2.37. The molecule has 2 amide bonds. The molecule has 0 saturated carbocycles. The minimum Gasteiger partial charge on any atom is -0.495 e. The SMILES string of the molecule is CCN(CC)CCCNC(=O)C(=O)Nc1ccccc1OC. The summed E-state index contributed by atoms with van der Waals surface area (Å²) in [6.45, 7) is 7.55. The molecule has 0 aliphatic carbocycles. The van der Waals surface area contributed by atoms with Gasteiger partial charge in [0, 0.05) is 6.54 Å². The molecule has 122 valence electrons. The summed E-state index contributed by atoms with van der Waals surface area (Å²) in [6, 6.07) is 6.96. The smallest absolute Gasteiger partial charge is 0.313 e. The third kappa shape index (κ3) is 5.73. The molecule has 0 aromatic heterocycles. The van der Waals surface area contributed by atoms with E-state index in [-0.39, 0.29) is 0 Å². The Morgan fingerprint density at radius 3 is 2.45 bits per heavy atom. The van der Waals surface area contributed by atoms with Crippen molar-refractivity contribution >= 4 is 17.5 Å². The van der Waals surface area contributed by atoms with Gasteiger partial charge in [-0.05, 0) is 38.2 Å². The second kappa shape index (κ2) is 9.78. The van der Waals surface area contributed by atoms with Crippen molar-refractivity contribution in [3.8, 4) is 5.75 Å². The van der Waals surface area contributed by atoms with Crippen LogP contribution in [0.15, 0.2) is 24.3 Å². The zero-order valence-corrected chi connectivity index (χ0v) is 13.5. The maximum atomic E-state index is 11.8. The molecular formula is C16H25N3O3. The molecule has 0 radical (unpaired) electrons. The Morgan fingerprint density at radius 2 is 1.82 bits per heavy atom. The minimum absolute atomic E-state index is 0.480. The number of ether oxygens (including phenoxy) is 1. The van der Waals surface area contributed by atoms with E-state index in [1.165, 1.54) is 7.11 Å². The summed E-state index contributed by atoms with van der Waals surface area (Å²) in [5, 5.41) is 5.17. The van der Waals surface area contributed by atoms with E-state index in [0.717, 1.165) is 26.1 Å². The number of nitrogens with one attached hydrogen (secondary N) is 2. The van der Waals surface area contributed by atoms with Gasteiger partial charge in [0.05, 0.1) is 12.8 Å². The Labute approximate surface area is 131 Å². The van der Waals surface area contributed by atoms with Gasteiger partial charge >= 0.3 is 11.8 Å². The molecule has 2 N–H and O–H groups in total. The molecule has 0 aliphatic heterocycles. The number of carbonyl (C=O) groups is 2. The zero-order chi connectivity index (χ0) is 16.4. The number of methoxy groups -OCH3 is 1. The van der Waals surface area contributed by atoms with Gasteiger partial charge in [-0.2, -0.15) is 0 Å². The average molecular weight is 307 g/mol. The van der Waals surface area contributed by atoms with E-state index in [1.807, 2.05) is 0 Å². The number of amides is 2. The van der Waals surface area contributed by atoms with Crippen LogP contribution in [0.25, 0.3) is 0 Å². The van der Waals surface area contributed by atoms with Crippen LogP contribution in [0, 0.1) is 0 Å². The van der Waals surface area contributed by atoms with E-state index in [4.69, 9.17) is 4.74 Å². The average Bonchev–Trinajstić information content (AvgIpc) is 2.55. The lowest BCUT2D eigenvalue weighted by atomic mass is 10.3. The summed E-state index contributed by atoms with van der Waals surface area (Å²) in [5.74, 6) is -0.803. The van der Waals surface area contributed by atoms with Crippen molar-refractivity contribution in [2.75, 3.05) is 38.6 Å². The van der Waals surface area contributed by atoms with Crippen molar-refractivity contribution in [2.24, 2.45) is 0 Å². The normalized spacial score (nSPS) is 10.4.